The van der Waals surface area contributed by atoms with E-state index in [1.807, 2.05) is 37.7 Å². The Balaban J connectivity index is 2.67. The first-order valence-corrected chi connectivity index (χ1v) is 7.31. The van der Waals surface area contributed by atoms with Crippen LogP contribution in [0.1, 0.15) is 26.7 Å². The van der Waals surface area contributed by atoms with Crippen molar-refractivity contribution < 1.29 is 14.7 Å². The van der Waals surface area contributed by atoms with E-state index in [9.17, 15) is 9.59 Å². The molecule has 116 valence electrons. The van der Waals surface area contributed by atoms with Gasteiger partial charge in [0.15, 0.2) is 0 Å². The molecule has 0 radical (unpaired) electrons. The average Bonchev–Trinajstić information content (AvgIpc) is 2.75. The Morgan fingerprint density at radius 3 is 2.35 bits per heavy atom. The van der Waals surface area contributed by atoms with Gasteiger partial charge < -0.3 is 19.8 Å². The number of amides is 2. The van der Waals surface area contributed by atoms with Crippen LogP contribution in [0.25, 0.3) is 0 Å². The highest BCUT2D eigenvalue weighted by Crippen LogP contribution is 2.25. The molecule has 2 amide bonds. The summed E-state index contributed by atoms with van der Waals surface area (Å²) in [5.74, 6) is -1.24. The first kappa shape index (κ1) is 16.8. The van der Waals surface area contributed by atoms with Crippen molar-refractivity contribution >= 4 is 12.0 Å². The summed E-state index contributed by atoms with van der Waals surface area (Å²) in [4.78, 5) is 29.3. The van der Waals surface area contributed by atoms with Gasteiger partial charge in [-0.25, -0.2) is 4.79 Å². The lowest BCUT2D eigenvalue weighted by molar-refractivity contribution is -0.142. The molecule has 2 unspecified atom stereocenters. The monoisotopic (exact) mass is 285 g/mol. The van der Waals surface area contributed by atoms with Crippen molar-refractivity contribution in [2.24, 2.45) is 5.92 Å². The zero-order chi connectivity index (χ0) is 15.3. The summed E-state index contributed by atoms with van der Waals surface area (Å²) in [5.41, 5.74) is 0. The number of carboxylic acid groups (broad SMARTS) is 1. The van der Waals surface area contributed by atoms with Crippen molar-refractivity contribution in [2.45, 2.75) is 32.7 Å². The molecule has 1 saturated heterocycles. The maximum atomic E-state index is 12.6. The van der Waals surface area contributed by atoms with Gasteiger partial charge in [0, 0.05) is 32.2 Å². The van der Waals surface area contributed by atoms with Gasteiger partial charge in [-0.3, -0.25) is 4.79 Å². The number of hydrogen-bond acceptors (Lipinski definition) is 3. The number of hydrogen-bond donors (Lipinski definition) is 1. The van der Waals surface area contributed by atoms with Crippen LogP contribution in [0.4, 0.5) is 4.79 Å². The minimum atomic E-state index is -0.803. The van der Waals surface area contributed by atoms with Gasteiger partial charge in [-0.1, -0.05) is 6.92 Å². The minimum Gasteiger partial charge on any atom is -0.481 e. The minimum absolute atomic E-state index is 0.0232. The normalized spacial score (nSPS) is 22.4. The van der Waals surface area contributed by atoms with Crippen molar-refractivity contribution in [1.82, 2.24) is 14.7 Å². The van der Waals surface area contributed by atoms with Crippen molar-refractivity contribution in [3.8, 4) is 0 Å². The molecule has 1 aliphatic rings. The molecule has 0 bridgehead atoms. The summed E-state index contributed by atoms with van der Waals surface area (Å²) < 4.78 is 0. The fraction of sp³-hybridized carbons (Fsp3) is 0.857. The van der Waals surface area contributed by atoms with Crippen LogP contribution in [0.2, 0.25) is 0 Å². The number of likely N-dealkylation sites (N-methyl/N-ethyl adjacent to an activating group) is 1. The van der Waals surface area contributed by atoms with Gasteiger partial charge in [-0.05, 0) is 33.9 Å². The predicted molar refractivity (Wildman–Crippen MR) is 77.7 cm³/mol. The molecule has 1 aliphatic heterocycles. The Kier molecular flexibility index (Phi) is 6.26. The van der Waals surface area contributed by atoms with Crippen LogP contribution < -0.4 is 0 Å². The molecular formula is C14H27N3O3. The third-order valence-corrected chi connectivity index (χ3v) is 3.90. The number of urea groups is 1. The SMILES string of the molecule is CCCN(CCN(C)C)C(=O)N1CCC(C(=O)O)C1C. The topological polar surface area (TPSA) is 64.1 Å². The van der Waals surface area contributed by atoms with Crippen LogP contribution in [0.5, 0.6) is 0 Å². The summed E-state index contributed by atoms with van der Waals surface area (Å²) >= 11 is 0. The highest BCUT2D eigenvalue weighted by Gasteiger charge is 2.39. The first-order chi connectivity index (χ1) is 9.38. The predicted octanol–water partition coefficient (Wildman–Crippen LogP) is 1.18. The van der Waals surface area contributed by atoms with Gasteiger partial charge in [-0.2, -0.15) is 0 Å². The fourth-order valence-electron chi connectivity index (χ4n) is 2.62. The van der Waals surface area contributed by atoms with Gasteiger partial charge in [-0.15, -0.1) is 0 Å². The van der Waals surface area contributed by atoms with E-state index in [1.54, 1.807) is 4.90 Å². The summed E-state index contributed by atoms with van der Waals surface area (Å²) in [6.45, 7) is 6.63. The molecule has 1 fully saturated rings. The van der Waals surface area contributed by atoms with E-state index in [0.717, 1.165) is 13.0 Å². The largest absolute Gasteiger partial charge is 0.481 e. The Bertz CT molecular complexity index is 347. The molecule has 1 N–H and O–H groups in total. The molecular weight excluding hydrogens is 258 g/mol. The van der Waals surface area contributed by atoms with Crippen LogP contribution in [0.15, 0.2) is 0 Å². The summed E-state index contributed by atoms with van der Waals surface area (Å²) in [7, 11) is 3.96. The lowest BCUT2D eigenvalue weighted by Gasteiger charge is -2.31. The molecule has 1 rings (SSSR count). The Hall–Kier alpha value is -1.30. The maximum absolute atomic E-state index is 12.6. The standard InChI is InChI=1S/C14H27N3O3/c1-5-7-16(10-9-15(3)4)14(20)17-8-6-12(11(17)2)13(18)19/h11-12H,5-10H2,1-4H3,(H,18,19). The van der Waals surface area contributed by atoms with Crippen LogP contribution in [0.3, 0.4) is 0 Å². The molecule has 6 heteroatoms. The highest BCUT2D eigenvalue weighted by molar-refractivity contribution is 5.78. The lowest BCUT2D eigenvalue weighted by Crippen LogP contribution is -2.48. The molecule has 0 aliphatic carbocycles. The Morgan fingerprint density at radius 2 is 1.90 bits per heavy atom. The number of carbonyl (C=O) groups excluding carboxylic acids is 1. The van der Waals surface area contributed by atoms with Crippen LogP contribution in [0, 0.1) is 5.92 Å². The van der Waals surface area contributed by atoms with Crippen LogP contribution in [-0.4, -0.2) is 78.1 Å². The fourth-order valence-corrected chi connectivity index (χ4v) is 2.62. The van der Waals surface area contributed by atoms with Crippen molar-refractivity contribution in [1.29, 1.82) is 0 Å². The van der Waals surface area contributed by atoms with Gasteiger partial charge in [0.2, 0.25) is 0 Å². The molecule has 0 aromatic rings. The first-order valence-electron chi connectivity index (χ1n) is 7.31. The van der Waals surface area contributed by atoms with Gasteiger partial charge >= 0.3 is 12.0 Å². The number of nitrogens with zero attached hydrogens (tertiary/aromatic N) is 3. The highest BCUT2D eigenvalue weighted by atomic mass is 16.4. The van der Waals surface area contributed by atoms with E-state index in [1.165, 1.54) is 0 Å². The zero-order valence-electron chi connectivity index (χ0n) is 13.0. The third-order valence-electron chi connectivity index (χ3n) is 3.90. The van der Waals surface area contributed by atoms with Crippen LogP contribution >= 0.6 is 0 Å². The van der Waals surface area contributed by atoms with Gasteiger partial charge in [0.1, 0.15) is 0 Å². The third kappa shape index (κ3) is 4.10. The Labute approximate surface area is 121 Å². The molecule has 6 nitrogen and oxygen atoms in total. The summed E-state index contributed by atoms with van der Waals surface area (Å²) in [6, 6.07) is -0.247. The quantitative estimate of drug-likeness (QED) is 0.796. The zero-order valence-corrected chi connectivity index (χ0v) is 13.0. The molecule has 0 aromatic carbocycles. The van der Waals surface area contributed by atoms with Gasteiger partial charge in [0.25, 0.3) is 0 Å². The lowest BCUT2D eigenvalue weighted by atomic mass is 10.0. The number of carboxylic acids is 1. The maximum Gasteiger partial charge on any atom is 0.320 e. The molecule has 2 atom stereocenters. The average molecular weight is 285 g/mol. The summed E-state index contributed by atoms with van der Waals surface area (Å²) in [6.07, 6.45) is 1.46. The van der Waals surface area contributed by atoms with Crippen molar-refractivity contribution in [3.63, 3.8) is 0 Å². The van der Waals surface area contributed by atoms with E-state index in [0.29, 0.717) is 26.1 Å². The number of rotatable bonds is 6. The second kappa shape index (κ2) is 7.47. The van der Waals surface area contributed by atoms with E-state index < -0.39 is 11.9 Å². The second-order valence-corrected chi connectivity index (χ2v) is 5.74. The molecule has 0 aromatic heterocycles. The van der Waals surface area contributed by atoms with Crippen molar-refractivity contribution in [3.05, 3.63) is 0 Å². The molecule has 0 saturated carbocycles. The molecule has 20 heavy (non-hydrogen) atoms. The van der Waals surface area contributed by atoms with Crippen LogP contribution in [-0.2, 0) is 4.79 Å². The number of likely N-dealkylation sites (tertiary alicyclic amines) is 1. The van der Waals surface area contributed by atoms with E-state index in [2.05, 4.69) is 0 Å². The van der Waals surface area contributed by atoms with Gasteiger partial charge in [0.05, 0.1) is 5.92 Å². The Morgan fingerprint density at radius 1 is 1.25 bits per heavy atom. The van der Waals surface area contributed by atoms with E-state index in [4.69, 9.17) is 5.11 Å². The summed E-state index contributed by atoms with van der Waals surface area (Å²) in [5, 5.41) is 9.14. The smallest absolute Gasteiger partial charge is 0.320 e. The van der Waals surface area contributed by atoms with E-state index >= 15 is 0 Å². The number of aliphatic carboxylic acids is 1. The van der Waals surface area contributed by atoms with E-state index in [-0.39, 0.29) is 12.1 Å². The molecule has 1 heterocycles. The van der Waals surface area contributed by atoms with Crippen molar-refractivity contribution in [2.75, 3.05) is 40.3 Å². The molecule has 0 spiro atoms. The number of carbonyl (C=O) groups is 2. The second-order valence-electron chi connectivity index (χ2n) is 5.74.